The van der Waals surface area contributed by atoms with E-state index in [-0.39, 0.29) is 16.3 Å². The van der Waals surface area contributed by atoms with E-state index < -0.39 is 10.0 Å². The fourth-order valence-corrected chi connectivity index (χ4v) is 3.62. The smallest absolute Gasteiger partial charge is 0.243 e. The van der Waals surface area contributed by atoms with Crippen molar-refractivity contribution in [3.8, 4) is 0 Å². The molecule has 1 aromatic carbocycles. The molecule has 0 aliphatic heterocycles. The molecule has 1 heterocycles. The van der Waals surface area contributed by atoms with Gasteiger partial charge in [-0.25, -0.2) is 22.9 Å². The van der Waals surface area contributed by atoms with Crippen molar-refractivity contribution in [2.24, 2.45) is 10.6 Å². The minimum absolute atomic E-state index is 0.0810. The first-order chi connectivity index (χ1) is 11.2. The second kappa shape index (κ2) is 5.79. The van der Waals surface area contributed by atoms with Crippen LogP contribution in [0, 0.1) is 11.2 Å². The molecule has 1 aromatic heterocycles. The molecule has 0 spiro atoms. The molecule has 2 N–H and O–H groups in total. The van der Waals surface area contributed by atoms with Crippen LogP contribution in [0.5, 0.6) is 0 Å². The Bertz CT molecular complexity index is 899. The quantitative estimate of drug-likeness (QED) is 0.923. The molecule has 0 saturated heterocycles. The first-order valence-electron chi connectivity index (χ1n) is 7.63. The lowest BCUT2D eigenvalue weighted by Gasteiger charge is -2.17. The Balaban J connectivity index is 2.07. The van der Waals surface area contributed by atoms with Gasteiger partial charge in [-0.2, -0.15) is 0 Å². The molecule has 0 atom stereocenters. The van der Waals surface area contributed by atoms with E-state index >= 15 is 0 Å². The second-order valence-corrected chi connectivity index (χ2v) is 8.42. The van der Waals surface area contributed by atoms with Crippen LogP contribution in [0.15, 0.2) is 47.6 Å². The lowest BCUT2D eigenvalue weighted by Crippen LogP contribution is -2.13. The summed E-state index contributed by atoms with van der Waals surface area (Å²) in [6, 6.07) is 9.61. The number of hydrogen-bond acceptors (Lipinski definition) is 3. The highest BCUT2D eigenvalue weighted by Gasteiger charge is 2.32. The van der Waals surface area contributed by atoms with Crippen molar-refractivity contribution in [3.63, 3.8) is 0 Å². The number of hydrogen-bond donors (Lipinski definition) is 1. The summed E-state index contributed by atoms with van der Waals surface area (Å²) in [4.78, 5) is 3.98. The number of sulfonamides is 1. The maximum atomic E-state index is 13.2. The monoisotopic (exact) mass is 346 g/mol. The molecule has 2 aromatic rings. The van der Waals surface area contributed by atoms with Crippen molar-refractivity contribution in [2.75, 3.05) is 0 Å². The van der Waals surface area contributed by atoms with E-state index in [0.29, 0.717) is 0 Å². The van der Waals surface area contributed by atoms with Crippen LogP contribution in [0.2, 0.25) is 0 Å². The molecule has 1 aliphatic rings. The Hall–Kier alpha value is -2.05. The maximum absolute atomic E-state index is 13.2. The summed E-state index contributed by atoms with van der Waals surface area (Å²) in [7, 11) is -3.81. The van der Waals surface area contributed by atoms with Gasteiger partial charge < -0.3 is 0 Å². The summed E-state index contributed by atoms with van der Waals surface area (Å²) >= 11 is 0. The molecule has 24 heavy (non-hydrogen) atoms. The van der Waals surface area contributed by atoms with Crippen molar-refractivity contribution < 1.29 is 12.8 Å². The van der Waals surface area contributed by atoms with E-state index in [4.69, 9.17) is 5.14 Å². The van der Waals surface area contributed by atoms with Crippen molar-refractivity contribution in [1.29, 1.82) is 0 Å². The third kappa shape index (κ3) is 3.39. The SMILES string of the molecule is CC1(C)CC(c2ccc(F)cc2)=C(c2ccc(S(N)(=O)=O)nc2)C1. The molecular weight excluding hydrogens is 327 g/mol. The molecule has 0 fully saturated rings. The summed E-state index contributed by atoms with van der Waals surface area (Å²) in [6.07, 6.45) is 3.25. The molecule has 1 aliphatic carbocycles. The van der Waals surface area contributed by atoms with Gasteiger partial charge in [-0.05, 0) is 58.7 Å². The van der Waals surface area contributed by atoms with Crippen molar-refractivity contribution in [3.05, 3.63) is 59.5 Å². The fraction of sp³-hybridized carbons (Fsp3) is 0.278. The molecule has 0 bridgehead atoms. The zero-order chi connectivity index (χ0) is 17.5. The Kier molecular flexibility index (Phi) is 4.05. The van der Waals surface area contributed by atoms with Crippen LogP contribution in [0.1, 0.15) is 37.8 Å². The van der Waals surface area contributed by atoms with Crippen LogP contribution in [0.4, 0.5) is 4.39 Å². The van der Waals surface area contributed by atoms with Crippen LogP contribution in [-0.4, -0.2) is 13.4 Å². The highest BCUT2D eigenvalue weighted by atomic mass is 32.2. The van der Waals surface area contributed by atoms with Gasteiger partial charge in [0.15, 0.2) is 5.03 Å². The van der Waals surface area contributed by atoms with Gasteiger partial charge in [0.05, 0.1) is 0 Å². The van der Waals surface area contributed by atoms with Gasteiger partial charge in [0.2, 0.25) is 0 Å². The van der Waals surface area contributed by atoms with Crippen LogP contribution in [0.25, 0.3) is 11.1 Å². The highest BCUT2D eigenvalue weighted by Crippen LogP contribution is 2.49. The third-order valence-corrected chi connectivity index (χ3v) is 5.07. The minimum Gasteiger partial charge on any atom is -0.243 e. The molecule has 0 saturated carbocycles. The Morgan fingerprint density at radius 3 is 2.04 bits per heavy atom. The van der Waals surface area contributed by atoms with E-state index in [1.807, 2.05) is 0 Å². The normalized spacial score (nSPS) is 17.3. The Labute approximate surface area is 141 Å². The molecule has 126 valence electrons. The molecular formula is C18H19FN2O2S. The summed E-state index contributed by atoms with van der Waals surface area (Å²) in [5.41, 5.74) is 4.18. The highest BCUT2D eigenvalue weighted by molar-refractivity contribution is 7.89. The van der Waals surface area contributed by atoms with Gasteiger partial charge in [-0.15, -0.1) is 0 Å². The predicted molar refractivity (Wildman–Crippen MR) is 91.8 cm³/mol. The lowest BCUT2D eigenvalue weighted by molar-refractivity contribution is 0.406. The van der Waals surface area contributed by atoms with Gasteiger partial charge in [0.1, 0.15) is 5.82 Å². The minimum atomic E-state index is -3.81. The number of benzene rings is 1. The largest absolute Gasteiger partial charge is 0.255 e. The number of pyridine rings is 1. The van der Waals surface area contributed by atoms with Crippen molar-refractivity contribution >= 4 is 21.2 Å². The van der Waals surface area contributed by atoms with Gasteiger partial charge >= 0.3 is 0 Å². The number of halogens is 1. The van der Waals surface area contributed by atoms with Crippen LogP contribution >= 0.6 is 0 Å². The lowest BCUT2D eigenvalue weighted by atomic mass is 9.88. The maximum Gasteiger partial charge on any atom is 0.255 e. The number of nitrogens with two attached hydrogens (primary N) is 1. The van der Waals surface area contributed by atoms with Crippen molar-refractivity contribution in [1.82, 2.24) is 4.98 Å². The number of aromatic nitrogens is 1. The van der Waals surface area contributed by atoms with Gasteiger partial charge in [-0.3, -0.25) is 0 Å². The third-order valence-electron chi connectivity index (χ3n) is 4.24. The molecule has 0 radical (unpaired) electrons. The zero-order valence-electron chi connectivity index (χ0n) is 13.6. The first-order valence-corrected chi connectivity index (χ1v) is 9.18. The van der Waals surface area contributed by atoms with Crippen molar-refractivity contribution in [2.45, 2.75) is 31.7 Å². The summed E-state index contributed by atoms with van der Waals surface area (Å²) in [5.74, 6) is -0.266. The molecule has 4 nitrogen and oxygen atoms in total. The number of allylic oxidation sites excluding steroid dienone is 2. The fourth-order valence-electron chi connectivity index (χ4n) is 3.16. The van der Waals surface area contributed by atoms with Gasteiger partial charge in [-0.1, -0.05) is 32.0 Å². The molecule has 3 rings (SSSR count). The van der Waals surface area contributed by atoms with E-state index in [2.05, 4.69) is 18.8 Å². The number of nitrogens with zero attached hydrogens (tertiary/aromatic N) is 1. The average Bonchev–Trinajstić information content (AvgIpc) is 2.83. The molecule has 0 unspecified atom stereocenters. The topological polar surface area (TPSA) is 73.1 Å². The van der Waals surface area contributed by atoms with E-state index in [0.717, 1.165) is 35.1 Å². The van der Waals surface area contributed by atoms with E-state index in [1.54, 1.807) is 24.4 Å². The van der Waals surface area contributed by atoms with Crippen LogP contribution < -0.4 is 5.14 Å². The van der Waals surface area contributed by atoms with Crippen LogP contribution in [0.3, 0.4) is 0 Å². The summed E-state index contributed by atoms with van der Waals surface area (Å²) in [5, 5.41) is 4.95. The zero-order valence-corrected chi connectivity index (χ0v) is 14.4. The van der Waals surface area contributed by atoms with Gasteiger partial charge in [0, 0.05) is 6.20 Å². The Morgan fingerprint density at radius 1 is 1.00 bits per heavy atom. The second-order valence-electron chi connectivity index (χ2n) is 6.91. The molecule has 6 heteroatoms. The van der Waals surface area contributed by atoms with Crippen LogP contribution in [-0.2, 0) is 10.0 Å². The van der Waals surface area contributed by atoms with Gasteiger partial charge in [0.25, 0.3) is 10.0 Å². The van der Waals surface area contributed by atoms with E-state index in [9.17, 15) is 12.8 Å². The molecule has 0 amide bonds. The standard InChI is InChI=1S/C18H19FN2O2S/c1-18(2)9-15(12-3-6-14(19)7-4-12)16(10-18)13-5-8-17(21-11-13)24(20,22)23/h3-8,11H,9-10H2,1-2H3,(H2,20,22,23). The summed E-state index contributed by atoms with van der Waals surface area (Å²) < 4.78 is 35.9. The first kappa shape index (κ1) is 16.8. The average molecular weight is 346 g/mol. The summed E-state index contributed by atoms with van der Waals surface area (Å²) in [6.45, 7) is 4.35. The number of primary sulfonamides is 1. The predicted octanol–water partition coefficient (Wildman–Crippen LogP) is 3.60. The number of rotatable bonds is 3. The van der Waals surface area contributed by atoms with E-state index in [1.165, 1.54) is 18.2 Å². The Morgan fingerprint density at radius 2 is 1.54 bits per heavy atom.